The van der Waals surface area contributed by atoms with Crippen LogP contribution in [0.4, 0.5) is 5.69 Å². The van der Waals surface area contributed by atoms with Crippen molar-refractivity contribution in [2.24, 2.45) is 0 Å². The van der Waals surface area contributed by atoms with Gasteiger partial charge in [-0.1, -0.05) is 0 Å². The Hall–Kier alpha value is -1.66. The molecule has 22 heavy (non-hydrogen) atoms. The van der Waals surface area contributed by atoms with Gasteiger partial charge >= 0.3 is 0 Å². The maximum absolute atomic E-state index is 12.5. The third-order valence-electron chi connectivity index (χ3n) is 4.77. The van der Waals surface area contributed by atoms with Crippen LogP contribution in [0.1, 0.15) is 29.8 Å². The number of anilines is 1. The maximum atomic E-state index is 12.5. The first kappa shape index (κ1) is 14.0. The molecule has 0 aliphatic carbocycles. The minimum Gasteiger partial charge on any atom is -0.376 e. The zero-order valence-electron chi connectivity index (χ0n) is 12.8. The topological polar surface area (TPSA) is 57.3 Å². The maximum Gasteiger partial charge on any atom is 0.270 e. The van der Waals surface area contributed by atoms with E-state index < -0.39 is 0 Å². The van der Waals surface area contributed by atoms with Crippen LogP contribution < -0.4 is 15.5 Å². The van der Waals surface area contributed by atoms with Gasteiger partial charge in [-0.2, -0.15) is 0 Å². The molecule has 0 aromatic carbocycles. The van der Waals surface area contributed by atoms with E-state index >= 15 is 0 Å². The van der Waals surface area contributed by atoms with Crippen LogP contribution >= 0.6 is 11.3 Å². The zero-order valence-corrected chi connectivity index (χ0v) is 13.6. The molecule has 5 nitrogen and oxygen atoms in total. The van der Waals surface area contributed by atoms with Crippen molar-refractivity contribution in [2.45, 2.75) is 37.4 Å². The molecule has 0 spiro atoms. The molecule has 4 rings (SSSR count). The third kappa shape index (κ3) is 2.27. The number of aromatic nitrogens is 1. The molecule has 2 aliphatic rings. The Morgan fingerprint density at radius 3 is 3.00 bits per heavy atom. The van der Waals surface area contributed by atoms with Crippen LogP contribution in [0.15, 0.2) is 17.6 Å². The summed E-state index contributed by atoms with van der Waals surface area (Å²) < 4.78 is 1.11. The second kappa shape index (κ2) is 5.21. The number of fused-ring (bicyclic) bond motifs is 3. The molecule has 6 heteroatoms. The summed E-state index contributed by atoms with van der Waals surface area (Å²) >= 11 is 1.66. The van der Waals surface area contributed by atoms with E-state index in [0.29, 0.717) is 17.8 Å². The lowest BCUT2D eigenvalue weighted by atomic mass is 9.95. The molecule has 3 atom stereocenters. The molecule has 0 unspecified atom stereocenters. The van der Waals surface area contributed by atoms with E-state index in [2.05, 4.69) is 25.9 Å². The third-order valence-corrected chi connectivity index (χ3v) is 5.69. The predicted octanol–water partition coefficient (Wildman–Crippen LogP) is 1.98. The van der Waals surface area contributed by atoms with E-state index in [0.717, 1.165) is 28.6 Å². The number of hydrogen-bond acceptors (Lipinski definition) is 5. The zero-order chi connectivity index (χ0) is 15.3. The average molecular weight is 316 g/mol. The van der Waals surface area contributed by atoms with Gasteiger partial charge in [-0.3, -0.25) is 4.79 Å². The van der Waals surface area contributed by atoms with Crippen molar-refractivity contribution >= 4 is 33.0 Å². The number of hydrogen-bond donors (Lipinski definition) is 2. The monoisotopic (exact) mass is 316 g/mol. The van der Waals surface area contributed by atoms with Crippen molar-refractivity contribution in [1.82, 2.24) is 15.6 Å². The lowest BCUT2D eigenvalue weighted by Gasteiger charge is -2.21. The molecule has 116 valence electrons. The van der Waals surface area contributed by atoms with Crippen molar-refractivity contribution < 1.29 is 4.79 Å². The Labute approximate surface area is 133 Å². The van der Waals surface area contributed by atoms with Gasteiger partial charge in [-0.25, -0.2) is 4.98 Å². The molecule has 2 bridgehead atoms. The summed E-state index contributed by atoms with van der Waals surface area (Å²) in [7, 11) is 4.03. The number of pyridine rings is 1. The molecule has 2 fully saturated rings. The van der Waals surface area contributed by atoms with Crippen LogP contribution in [0, 0.1) is 0 Å². The van der Waals surface area contributed by atoms with Crippen molar-refractivity contribution in [3.63, 3.8) is 0 Å². The van der Waals surface area contributed by atoms with Crippen molar-refractivity contribution in [1.29, 1.82) is 0 Å². The van der Waals surface area contributed by atoms with E-state index in [1.165, 1.54) is 6.42 Å². The van der Waals surface area contributed by atoms with E-state index in [-0.39, 0.29) is 11.9 Å². The van der Waals surface area contributed by atoms with Crippen molar-refractivity contribution in [3.8, 4) is 0 Å². The summed E-state index contributed by atoms with van der Waals surface area (Å²) in [6.45, 7) is 0. The van der Waals surface area contributed by atoms with Gasteiger partial charge in [0.2, 0.25) is 0 Å². The van der Waals surface area contributed by atoms with E-state index in [9.17, 15) is 4.79 Å². The highest BCUT2D eigenvalue weighted by Gasteiger charge is 2.39. The van der Waals surface area contributed by atoms with E-state index in [4.69, 9.17) is 0 Å². The standard InChI is InChI=1S/C16H20N4OS/c1-20(2)14-8-22-15-7-17-13(6-10(14)15)16(21)19-12-5-9-3-4-11(12)18-9/h6-9,11-12,18H,3-5H2,1-2H3,(H,19,21)/t9-,11+,12-/m1/s1. The lowest BCUT2D eigenvalue weighted by Crippen LogP contribution is -2.43. The summed E-state index contributed by atoms with van der Waals surface area (Å²) in [6, 6.07) is 3.19. The molecular formula is C16H20N4OS. The Morgan fingerprint density at radius 1 is 1.45 bits per heavy atom. The van der Waals surface area contributed by atoms with Gasteiger partial charge in [-0.15, -0.1) is 11.3 Å². The highest BCUT2D eigenvalue weighted by Crippen LogP contribution is 2.32. The fraction of sp³-hybridized carbons (Fsp3) is 0.500. The van der Waals surface area contributed by atoms with Gasteiger partial charge in [0.1, 0.15) is 5.69 Å². The molecule has 2 aromatic rings. The Bertz CT molecular complexity index is 726. The van der Waals surface area contributed by atoms with Crippen LogP contribution in [0.25, 0.3) is 10.1 Å². The molecule has 2 aromatic heterocycles. The lowest BCUT2D eigenvalue weighted by molar-refractivity contribution is 0.0926. The van der Waals surface area contributed by atoms with Crippen LogP contribution in [0.5, 0.6) is 0 Å². The first-order valence-electron chi connectivity index (χ1n) is 7.73. The molecule has 2 aliphatic heterocycles. The van der Waals surface area contributed by atoms with Crippen LogP contribution in [-0.4, -0.2) is 43.1 Å². The Kier molecular flexibility index (Phi) is 3.31. The molecule has 2 N–H and O–H groups in total. The van der Waals surface area contributed by atoms with Crippen LogP contribution in [0.3, 0.4) is 0 Å². The first-order chi connectivity index (χ1) is 10.6. The SMILES string of the molecule is CN(C)c1csc2cnc(C(=O)N[C@@H]3C[C@H]4CC[C@@H]3N4)cc12. The Balaban J connectivity index is 1.57. The number of nitrogens with zero attached hydrogens (tertiary/aromatic N) is 2. The number of nitrogens with one attached hydrogen (secondary N) is 2. The van der Waals surface area contributed by atoms with Crippen molar-refractivity contribution in [3.05, 3.63) is 23.3 Å². The van der Waals surface area contributed by atoms with Crippen LogP contribution in [-0.2, 0) is 0 Å². The van der Waals surface area contributed by atoms with Gasteiger partial charge in [0.05, 0.1) is 10.4 Å². The minimum absolute atomic E-state index is 0.0582. The molecular weight excluding hydrogens is 296 g/mol. The second-order valence-corrected chi connectivity index (χ2v) is 7.36. The van der Waals surface area contributed by atoms with E-state index in [1.807, 2.05) is 20.2 Å². The van der Waals surface area contributed by atoms with Crippen LogP contribution in [0.2, 0.25) is 0 Å². The normalized spacial score (nSPS) is 26.5. The molecule has 2 saturated heterocycles. The van der Waals surface area contributed by atoms with Gasteiger partial charge in [0.15, 0.2) is 0 Å². The first-order valence-corrected chi connectivity index (χ1v) is 8.61. The van der Waals surface area contributed by atoms with Crippen molar-refractivity contribution in [2.75, 3.05) is 19.0 Å². The Morgan fingerprint density at radius 2 is 2.32 bits per heavy atom. The number of thiophene rings is 1. The summed E-state index contributed by atoms with van der Waals surface area (Å²) in [6.07, 6.45) is 5.25. The number of carbonyl (C=O) groups is 1. The summed E-state index contributed by atoms with van der Waals surface area (Å²) in [5.74, 6) is -0.0582. The quantitative estimate of drug-likeness (QED) is 0.909. The second-order valence-electron chi connectivity index (χ2n) is 6.44. The minimum atomic E-state index is -0.0582. The largest absolute Gasteiger partial charge is 0.376 e. The van der Waals surface area contributed by atoms with Gasteiger partial charge < -0.3 is 15.5 Å². The number of amides is 1. The number of carbonyl (C=O) groups excluding carboxylic acids is 1. The van der Waals surface area contributed by atoms with E-state index in [1.54, 1.807) is 17.5 Å². The molecule has 1 amide bonds. The highest BCUT2D eigenvalue weighted by atomic mass is 32.1. The number of rotatable bonds is 3. The predicted molar refractivity (Wildman–Crippen MR) is 89.8 cm³/mol. The molecule has 4 heterocycles. The van der Waals surface area contributed by atoms with Gasteiger partial charge in [0, 0.05) is 49.2 Å². The summed E-state index contributed by atoms with van der Waals surface area (Å²) in [5, 5.41) is 9.91. The highest BCUT2D eigenvalue weighted by molar-refractivity contribution is 7.17. The summed E-state index contributed by atoms with van der Waals surface area (Å²) in [5.41, 5.74) is 1.65. The molecule has 0 saturated carbocycles. The fourth-order valence-corrected chi connectivity index (χ4v) is 4.60. The summed E-state index contributed by atoms with van der Waals surface area (Å²) in [4.78, 5) is 18.9. The molecule has 0 radical (unpaired) electrons. The fourth-order valence-electron chi connectivity index (χ4n) is 3.62. The smallest absolute Gasteiger partial charge is 0.270 e. The average Bonchev–Trinajstić information content (AvgIpc) is 3.20. The van der Waals surface area contributed by atoms with Gasteiger partial charge in [-0.05, 0) is 25.3 Å². The van der Waals surface area contributed by atoms with Gasteiger partial charge in [0.25, 0.3) is 5.91 Å².